The smallest absolute Gasteiger partial charge is 0.308 e. The molecule has 5 rings (SSSR count). The Balaban J connectivity index is 1.37. The lowest BCUT2D eigenvalue weighted by atomic mass is 9.73. The molecule has 1 heterocycles. The molecule has 0 saturated heterocycles. The number of aromatic nitrogens is 1. The lowest BCUT2D eigenvalue weighted by Gasteiger charge is -2.32. The van der Waals surface area contributed by atoms with E-state index in [1.807, 2.05) is 54.6 Å². The van der Waals surface area contributed by atoms with Crippen LogP contribution in [0, 0.1) is 5.92 Å². The van der Waals surface area contributed by atoms with E-state index in [-0.39, 0.29) is 5.97 Å². The summed E-state index contributed by atoms with van der Waals surface area (Å²) in [5, 5.41) is 0. The maximum Gasteiger partial charge on any atom is 0.308 e. The highest BCUT2D eigenvalue weighted by atomic mass is 16.5. The number of carbonyl (C=O) groups excluding carboxylic acids is 1. The zero-order valence-corrected chi connectivity index (χ0v) is 20.2. The lowest BCUT2D eigenvalue weighted by Crippen LogP contribution is -2.18. The molecule has 1 saturated carbocycles. The molecule has 2 atom stereocenters. The van der Waals surface area contributed by atoms with Crippen LogP contribution < -0.4 is 4.74 Å². The van der Waals surface area contributed by atoms with Gasteiger partial charge in [-0.1, -0.05) is 85.6 Å². The molecule has 1 fully saturated rings. The standard InChI is InChI=1S/C31H31NO3/c1-22(33)34-27-17-10-16-26(21-27)28-18-9-8-11-23(28)19-20-29-32-30(24-12-4-2-5-13-24)31(35-29)25-14-6-3-7-15-25/h2-7,10,12-17,21,23,28H,8-9,11,18-20H2,1H3. The third-order valence-electron chi connectivity index (χ3n) is 6.94. The number of hydrogen-bond donors (Lipinski definition) is 0. The number of oxazole rings is 1. The molecule has 178 valence electrons. The first kappa shape index (κ1) is 23.1. The van der Waals surface area contributed by atoms with E-state index < -0.39 is 0 Å². The molecule has 2 unspecified atom stereocenters. The first-order valence-corrected chi connectivity index (χ1v) is 12.6. The van der Waals surface area contributed by atoms with Crippen molar-refractivity contribution in [3.63, 3.8) is 0 Å². The Bertz CT molecular complexity index is 1210. The van der Waals surface area contributed by atoms with Crippen molar-refractivity contribution in [1.82, 2.24) is 4.98 Å². The van der Waals surface area contributed by atoms with Gasteiger partial charge >= 0.3 is 5.97 Å². The molecule has 0 N–H and O–H groups in total. The monoisotopic (exact) mass is 465 g/mol. The van der Waals surface area contributed by atoms with E-state index in [0.29, 0.717) is 17.6 Å². The van der Waals surface area contributed by atoms with E-state index in [9.17, 15) is 4.79 Å². The summed E-state index contributed by atoms with van der Waals surface area (Å²) in [6.07, 6.45) is 6.66. The van der Waals surface area contributed by atoms with Crippen LogP contribution in [0.1, 0.15) is 56.4 Å². The Hall–Kier alpha value is -3.66. The lowest BCUT2D eigenvalue weighted by molar-refractivity contribution is -0.131. The zero-order chi connectivity index (χ0) is 24.0. The van der Waals surface area contributed by atoms with E-state index in [2.05, 4.69) is 30.3 Å². The summed E-state index contributed by atoms with van der Waals surface area (Å²) in [5.41, 5.74) is 4.28. The Morgan fingerprint density at radius 3 is 2.37 bits per heavy atom. The van der Waals surface area contributed by atoms with E-state index in [0.717, 1.165) is 47.7 Å². The molecule has 1 aliphatic rings. The molecule has 1 aromatic heterocycles. The molecular weight excluding hydrogens is 434 g/mol. The van der Waals surface area contributed by atoms with Gasteiger partial charge in [0, 0.05) is 24.5 Å². The van der Waals surface area contributed by atoms with Crippen molar-refractivity contribution in [2.24, 2.45) is 5.92 Å². The predicted octanol–water partition coefficient (Wildman–Crippen LogP) is 7.84. The van der Waals surface area contributed by atoms with Crippen LogP contribution in [0.15, 0.2) is 89.3 Å². The highest BCUT2D eigenvalue weighted by Crippen LogP contribution is 2.41. The number of carbonyl (C=O) groups is 1. The Labute approximate surface area is 207 Å². The predicted molar refractivity (Wildman–Crippen MR) is 138 cm³/mol. The molecule has 0 amide bonds. The molecule has 35 heavy (non-hydrogen) atoms. The van der Waals surface area contributed by atoms with E-state index in [1.165, 1.54) is 31.7 Å². The molecule has 3 aromatic carbocycles. The van der Waals surface area contributed by atoms with Crippen LogP contribution in [0.25, 0.3) is 22.6 Å². The molecule has 1 aliphatic carbocycles. The fourth-order valence-electron chi connectivity index (χ4n) is 5.32. The van der Waals surface area contributed by atoms with Crippen molar-refractivity contribution in [3.05, 3.63) is 96.4 Å². The Morgan fingerprint density at radius 2 is 1.63 bits per heavy atom. The number of nitrogens with zero attached hydrogens (tertiary/aromatic N) is 1. The Kier molecular flexibility index (Phi) is 7.08. The van der Waals surface area contributed by atoms with Gasteiger partial charge in [0.15, 0.2) is 11.7 Å². The first-order chi connectivity index (χ1) is 17.2. The summed E-state index contributed by atoms with van der Waals surface area (Å²) in [6.45, 7) is 1.44. The number of aryl methyl sites for hydroxylation is 1. The van der Waals surface area contributed by atoms with Crippen LogP contribution in [-0.2, 0) is 11.2 Å². The van der Waals surface area contributed by atoms with Crippen molar-refractivity contribution in [3.8, 4) is 28.3 Å². The van der Waals surface area contributed by atoms with Gasteiger partial charge in [-0.3, -0.25) is 4.79 Å². The molecule has 0 bridgehead atoms. The van der Waals surface area contributed by atoms with Crippen LogP contribution in [0.2, 0.25) is 0 Å². The van der Waals surface area contributed by atoms with Gasteiger partial charge in [-0.25, -0.2) is 4.98 Å². The second-order valence-electron chi connectivity index (χ2n) is 9.37. The zero-order valence-electron chi connectivity index (χ0n) is 20.2. The third-order valence-corrected chi connectivity index (χ3v) is 6.94. The van der Waals surface area contributed by atoms with Crippen LogP contribution in [0.3, 0.4) is 0 Å². The number of rotatable bonds is 7. The van der Waals surface area contributed by atoms with Gasteiger partial charge in [-0.05, 0) is 48.8 Å². The summed E-state index contributed by atoms with van der Waals surface area (Å²) >= 11 is 0. The second-order valence-corrected chi connectivity index (χ2v) is 9.37. The fourth-order valence-corrected chi connectivity index (χ4v) is 5.32. The largest absolute Gasteiger partial charge is 0.440 e. The topological polar surface area (TPSA) is 52.3 Å². The van der Waals surface area contributed by atoms with Crippen molar-refractivity contribution >= 4 is 5.97 Å². The fraction of sp³-hybridized carbons (Fsp3) is 0.290. The van der Waals surface area contributed by atoms with Crippen molar-refractivity contribution in [2.45, 2.75) is 51.4 Å². The van der Waals surface area contributed by atoms with Gasteiger partial charge in [-0.2, -0.15) is 0 Å². The molecular formula is C31H31NO3. The number of esters is 1. The van der Waals surface area contributed by atoms with Crippen LogP contribution >= 0.6 is 0 Å². The number of hydrogen-bond acceptors (Lipinski definition) is 4. The molecule has 0 spiro atoms. The average Bonchev–Trinajstić information content (AvgIpc) is 3.33. The van der Waals surface area contributed by atoms with E-state index in [1.54, 1.807) is 0 Å². The van der Waals surface area contributed by atoms with Gasteiger partial charge in [0.25, 0.3) is 0 Å². The average molecular weight is 466 g/mol. The highest BCUT2D eigenvalue weighted by molar-refractivity contribution is 5.76. The quantitative estimate of drug-likeness (QED) is 0.206. The maximum absolute atomic E-state index is 11.4. The molecule has 4 aromatic rings. The minimum Gasteiger partial charge on any atom is -0.440 e. The van der Waals surface area contributed by atoms with Crippen LogP contribution in [0.4, 0.5) is 0 Å². The summed E-state index contributed by atoms with van der Waals surface area (Å²) in [4.78, 5) is 16.4. The summed E-state index contributed by atoms with van der Waals surface area (Å²) in [6, 6.07) is 28.5. The summed E-state index contributed by atoms with van der Waals surface area (Å²) in [5.74, 6) is 2.98. The normalized spacial score (nSPS) is 17.7. The molecule has 0 aliphatic heterocycles. The molecule has 4 heteroatoms. The number of ether oxygens (including phenoxy) is 1. The van der Waals surface area contributed by atoms with Gasteiger partial charge in [-0.15, -0.1) is 0 Å². The number of benzene rings is 3. The Morgan fingerprint density at radius 1 is 0.914 bits per heavy atom. The molecule has 0 radical (unpaired) electrons. The SMILES string of the molecule is CC(=O)Oc1cccc(C2CCCCC2CCc2nc(-c3ccccc3)c(-c3ccccc3)o2)c1. The van der Waals surface area contributed by atoms with Gasteiger partial charge in [0.2, 0.25) is 0 Å². The van der Waals surface area contributed by atoms with Gasteiger partial charge < -0.3 is 9.15 Å². The van der Waals surface area contributed by atoms with Crippen LogP contribution in [-0.4, -0.2) is 11.0 Å². The van der Waals surface area contributed by atoms with Crippen molar-refractivity contribution < 1.29 is 13.9 Å². The minimum atomic E-state index is -0.283. The summed E-state index contributed by atoms with van der Waals surface area (Å²) < 4.78 is 11.7. The van der Waals surface area contributed by atoms with Gasteiger partial charge in [0.1, 0.15) is 11.4 Å². The van der Waals surface area contributed by atoms with Crippen molar-refractivity contribution in [1.29, 1.82) is 0 Å². The first-order valence-electron chi connectivity index (χ1n) is 12.6. The van der Waals surface area contributed by atoms with Crippen LogP contribution in [0.5, 0.6) is 5.75 Å². The molecule has 4 nitrogen and oxygen atoms in total. The van der Waals surface area contributed by atoms with Crippen molar-refractivity contribution in [2.75, 3.05) is 0 Å². The third kappa shape index (κ3) is 5.54. The highest BCUT2D eigenvalue weighted by Gasteiger charge is 2.27. The van der Waals surface area contributed by atoms with E-state index in [4.69, 9.17) is 14.1 Å². The second kappa shape index (κ2) is 10.7. The summed E-state index contributed by atoms with van der Waals surface area (Å²) in [7, 11) is 0. The van der Waals surface area contributed by atoms with Gasteiger partial charge in [0.05, 0.1) is 0 Å². The maximum atomic E-state index is 11.4. The minimum absolute atomic E-state index is 0.283. The van der Waals surface area contributed by atoms with E-state index >= 15 is 0 Å².